The van der Waals surface area contributed by atoms with Crippen LogP contribution < -0.4 is 11.0 Å². The summed E-state index contributed by atoms with van der Waals surface area (Å²) in [5.74, 6) is 0.104. The molecule has 0 radical (unpaired) electrons. The molecule has 32 heavy (non-hydrogen) atoms. The molecule has 0 aliphatic carbocycles. The SMILES string of the molecule is Cc1cc(C=NNC(=O)c2ccc(Cl)cc2Cl)c(C)n1-n1c(C)nc2ccccc2c1=O. The predicted octanol–water partition coefficient (Wildman–Crippen LogP) is 4.51. The van der Waals surface area contributed by atoms with Gasteiger partial charge in [0.25, 0.3) is 11.5 Å². The highest BCUT2D eigenvalue weighted by Gasteiger charge is 2.15. The Labute approximate surface area is 193 Å². The van der Waals surface area contributed by atoms with Gasteiger partial charge in [0.15, 0.2) is 0 Å². The molecular weight excluding hydrogens is 449 g/mol. The van der Waals surface area contributed by atoms with E-state index in [1.54, 1.807) is 23.7 Å². The summed E-state index contributed by atoms with van der Waals surface area (Å²) >= 11 is 11.9. The molecule has 1 N–H and O–H groups in total. The molecular formula is C23H19Cl2N5O2. The van der Waals surface area contributed by atoms with Gasteiger partial charge in [-0.1, -0.05) is 35.3 Å². The number of hydrogen-bond donors (Lipinski definition) is 1. The lowest BCUT2D eigenvalue weighted by atomic mass is 10.2. The summed E-state index contributed by atoms with van der Waals surface area (Å²) in [5.41, 5.74) is 5.55. The van der Waals surface area contributed by atoms with Crippen LogP contribution in [0.3, 0.4) is 0 Å². The molecule has 2 aromatic carbocycles. The molecule has 0 spiro atoms. The lowest BCUT2D eigenvalue weighted by Gasteiger charge is -2.16. The Morgan fingerprint density at radius 1 is 1.06 bits per heavy atom. The minimum atomic E-state index is -0.456. The molecule has 0 unspecified atom stereocenters. The van der Waals surface area contributed by atoms with Crippen LogP contribution in [0.2, 0.25) is 10.0 Å². The van der Waals surface area contributed by atoms with Crippen LogP contribution in [0.5, 0.6) is 0 Å². The third kappa shape index (κ3) is 3.92. The van der Waals surface area contributed by atoms with Crippen molar-refractivity contribution in [2.75, 3.05) is 0 Å². The Bertz CT molecular complexity index is 1450. The van der Waals surface area contributed by atoms with E-state index in [0.29, 0.717) is 21.7 Å². The number of rotatable bonds is 4. The Balaban J connectivity index is 1.66. The smallest absolute Gasteiger partial charge is 0.267 e. The van der Waals surface area contributed by atoms with E-state index in [1.807, 2.05) is 38.1 Å². The fourth-order valence-corrected chi connectivity index (χ4v) is 4.07. The summed E-state index contributed by atoms with van der Waals surface area (Å²) in [6.07, 6.45) is 1.52. The maximum atomic E-state index is 13.2. The van der Waals surface area contributed by atoms with E-state index in [-0.39, 0.29) is 16.1 Å². The molecule has 7 nitrogen and oxygen atoms in total. The quantitative estimate of drug-likeness (QED) is 0.354. The summed E-state index contributed by atoms with van der Waals surface area (Å²) < 4.78 is 3.33. The molecule has 9 heteroatoms. The first kappa shape index (κ1) is 21.8. The summed E-state index contributed by atoms with van der Waals surface area (Å²) in [7, 11) is 0. The van der Waals surface area contributed by atoms with E-state index in [4.69, 9.17) is 23.2 Å². The molecule has 0 atom stereocenters. The third-order valence-electron chi connectivity index (χ3n) is 5.10. The number of fused-ring (bicyclic) bond motifs is 1. The number of hydrogen-bond acceptors (Lipinski definition) is 4. The lowest BCUT2D eigenvalue weighted by Crippen LogP contribution is -2.30. The van der Waals surface area contributed by atoms with Gasteiger partial charge < -0.3 is 0 Å². The van der Waals surface area contributed by atoms with Crippen molar-refractivity contribution in [1.29, 1.82) is 0 Å². The summed E-state index contributed by atoms with van der Waals surface area (Å²) in [5, 5.41) is 5.27. The second kappa shape index (κ2) is 8.61. The molecule has 0 aliphatic rings. The molecule has 162 valence electrons. The number of benzene rings is 2. The first-order valence-electron chi connectivity index (χ1n) is 9.74. The number of nitrogens with zero attached hydrogens (tertiary/aromatic N) is 4. The number of para-hydroxylation sites is 1. The Hall–Kier alpha value is -3.42. The van der Waals surface area contributed by atoms with E-state index >= 15 is 0 Å². The van der Waals surface area contributed by atoms with E-state index in [9.17, 15) is 9.59 Å². The highest BCUT2D eigenvalue weighted by molar-refractivity contribution is 6.36. The molecule has 4 rings (SSSR count). The molecule has 0 fully saturated rings. The fourth-order valence-electron chi connectivity index (χ4n) is 3.58. The Kier molecular flexibility index (Phi) is 5.86. The van der Waals surface area contributed by atoms with Crippen molar-refractivity contribution in [3.05, 3.63) is 97.3 Å². The van der Waals surface area contributed by atoms with Crippen molar-refractivity contribution in [2.24, 2.45) is 5.10 Å². The number of nitrogens with one attached hydrogen (secondary N) is 1. The van der Waals surface area contributed by atoms with Gasteiger partial charge in [0.1, 0.15) is 5.82 Å². The lowest BCUT2D eigenvalue weighted by molar-refractivity contribution is 0.0955. The third-order valence-corrected chi connectivity index (χ3v) is 5.64. The predicted molar refractivity (Wildman–Crippen MR) is 127 cm³/mol. The van der Waals surface area contributed by atoms with Gasteiger partial charge in [-0.2, -0.15) is 9.78 Å². The average Bonchev–Trinajstić information content (AvgIpc) is 3.01. The van der Waals surface area contributed by atoms with Crippen LogP contribution in [0.25, 0.3) is 10.9 Å². The maximum Gasteiger partial charge on any atom is 0.280 e. The number of hydrazone groups is 1. The van der Waals surface area contributed by atoms with E-state index in [1.165, 1.54) is 23.0 Å². The van der Waals surface area contributed by atoms with Crippen molar-refractivity contribution in [3.63, 3.8) is 0 Å². The van der Waals surface area contributed by atoms with E-state index in [0.717, 1.165) is 17.0 Å². The van der Waals surface area contributed by atoms with Crippen molar-refractivity contribution < 1.29 is 4.79 Å². The zero-order valence-electron chi connectivity index (χ0n) is 17.6. The minimum absolute atomic E-state index is 0.163. The van der Waals surface area contributed by atoms with Crippen molar-refractivity contribution >= 4 is 46.2 Å². The van der Waals surface area contributed by atoms with Crippen LogP contribution in [0.4, 0.5) is 0 Å². The van der Waals surface area contributed by atoms with Gasteiger partial charge >= 0.3 is 0 Å². The van der Waals surface area contributed by atoms with Crippen molar-refractivity contribution in [2.45, 2.75) is 20.8 Å². The monoisotopic (exact) mass is 467 g/mol. The van der Waals surface area contributed by atoms with Gasteiger partial charge in [0.05, 0.1) is 27.7 Å². The molecule has 0 aliphatic heterocycles. The summed E-state index contributed by atoms with van der Waals surface area (Å²) in [6.45, 7) is 5.54. The normalized spacial score (nSPS) is 11.4. The van der Waals surface area contributed by atoms with Crippen LogP contribution in [0, 0.1) is 20.8 Å². The number of halogens is 2. The fraction of sp³-hybridized carbons (Fsp3) is 0.130. The standard InChI is InChI=1S/C23H19Cl2N5O2/c1-13-10-16(12-26-28-22(31)18-9-8-17(24)11-20(18)25)14(2)29(13)30-15(3)27-21-7-5-4-6-19(21)23(30)32/h4-12H,1-3H3,(H,28,31). The number of amides is 1. The molecule has 1 amide bonds. The Morgan fingerprint density at radius 3 is 2.56 bits per heavy atom. The van der Waals surface area contributed by atoms with E-state index in [2.05, 4.69) is 15.5 Å². The summed E-state index contributed by atoms with van der Waals surface area (Å²) in [4.78, 5) is 30.1. The van der Waals surface area contributed by atoms with Gasteiger partial charge in [-0.15, -0.1) is 0 Å². The topological polar surface area (TPSA) is 81.3 Å². The maximum absolute atomic E-state index is 13.2. The molecule has 4 aromatic rings. The van der Waals surface area contributed by atoms with Crippen LogP contribution in [-0.2, 0) is 0 Å². The number of carbonyl (C=O) groups excluding carboxylic acids is 1. The van der Waals surface area contributed by atoms with Gasteiger partial charge in [-0.25, -0.2) is 10.4 Å². The van der Waals surface area contributed by atoms with Crippen LogP contribution in [-0.4, -0.2) is 26.5 Å². The average molecular weight is 468 g/mol. The largest absolute Gasteiger partial charge is 0.280 e. The second-order valence-corrected chi connectivity index (χ2v) is 8.10. The summed E-state index contributed by atoms with van der Waals surface area (Å²) in [6, 6.07) is 13.7. The number of aryl methyl sites for hydroxylation is 2. The molecule has 0 saturated heterocycles. The first-order chi connectivity index (χ1) is 15.3. The Morgan fingerprint density at radius 2 is 1.81 bits per heavy atom. The van der Waals surface area contributed by atoms with Gasteiger partial charge in [0, 0.05) is 22.0 Å². The van der Waals surface area contributed by atoms with E-state index < -0.39 is 5.91 Å². The van der Waals surface area contributed by atoms with Crippen LogP contribution in [0.15, 0.2) is 58.4 Å². The zero-order chi connectivity index (χ0) is 23.0. The first-order valence-corrected chi connectivity index (χ1v) is 10.5. The molecule has 0 saturated carbocycles. The van der Waals surface area contributed by atoms with Gasteiger partial charge in [-0.05, 0) is 57.2 Å². The van der Waals surface area contributed by atoms with Gasteiger partial charge in [-0.3, -0.25) is 14.3 Å². The highest BCUT2D eigenvalue weighted by atomic mass is 35.5. The van der Waals surface area contributed by atoms with Crippen LogP contribution >= 0.6 is 23.2 Å². The van der Waals surface area contributed by atoms with Crippen molar-refractivity contribution in [3.8, 4) is 0 Å². The molecule has 0 bridgehead atoms. The van der Waals surface area contributed by atoms with Crippen LogP contribution in [0.1, 0.15) is 33.1 Å². The van der Waals surface area contributed by atoms with Gasteiger partial charge in [0.2, 0.25) is 0 Å². The highest BCUT2D eigenvalue weighted by Crippen LogP contribution is 2.21. The molecule has 2 heterocycles. The zero-order valence-corrected chi connectivity index (χ0v) is 19.1. The number of aromatic nitrogens is 3. The molecule has 2 aromatic heterocycles. The second-order valence-electron chi connectivity index (χ2n) is 7.25. The van der Waals surface area contributed by atoms with Crippen molar-refractivity contribution in [1.82, 2.24) is 19.8 Å². The minimum Gasteiger partial charge on any atom is -0.267 e. The number of carbonyl (C=O) groups is 1.